The Morgan fingerprint density at radius 1 is 0.919 bits per heavy atom. The van der Waals surface area contributed by atoms with Crippen LogP contribution in [0.2, 0.25) is 5.02 Å². The molecule has 2 aromatic heterocycles. The van der Waals surface area contributed by atoms with Crippen molar-refractivity contribution >= 4 is 40.3 Å². The molecule has 2 saturated heterocycles. The number of anilines is 2. The topological polar surface area (TPSA) is 36.3 Å². The van der Waals surface area contributed by atoms with Gasteiger partial charge in [0.15, 0.2) is 5.11 Å². The summed E-state index contributed by atoms with van der Waals surface area (Å²) in [7, 11) is 0. The van der Waals surface area contributed by atoms with Gasteiger partial charge in [-0.15, -0.1) is 0 Å². The summed E-state index contributed by atoms with van der Waals surface area (Å²) in [4.78, 5) is 9.29. The monoisotopic (exact) mass is 527 g/mol. The van der Waals surface area contributed by atoms with Crippen LogP contribution >= 0.6 is 23.8 Å². The Kier molecular flexibility index (Phi) is 6.61. The van der Waals surface area contributed by atoms with Crippen molar-refractivity contribution in [2.75, 3.05) is 22.9 Å². The van der Waals surface area contributed by atoms with E-state index < -0.39 is 0 Å². The number of thiocarbonyl (C=S) groups is 1. The first-order valence-corrected chi connectivity index (χ1v) is 13.7. The molecule has 2 aromatic carbocycles. The summed E-state index contributed by atoms with van der Waals surface area (Å²) in [6, 6.07) is 26.8. The molecule has 0 bridgehead atoms. The molecule has 7 heteroatoms. The summed E-state index contributed by atoms with van der Waals surface area (Å²) < 4.78 is 2.23. The second-order valence-electron chi connectivity index (χ2n) is 9.94. The average molecular weight is 528 g/mol. The van der Waals surface area contributed by atoms with Gasteiger partial charge in [-0.05, 0) is 85.6 Å². The molecule has 0 saturated carbocycles. The third kappa shape index (κ3) is 4.60. The summed E-state index contributed by atoms with van der Waals surface area (Å²) in [5.74, 6) is 0.771. The van der Waals surface area contributed by atoms with E-state index in [1.54, 1.807) is 0 Å². The van der Waals surface area contributed by atoms with Crippen LogP contribution in [0.1, 0.15) is 43.2 Å². The summed E-state index contributed by atoms with van der Waals surface area (Å²) in [5.41, 5.74) is 5.25. The van der Waals surface area contributed by atoms with E-state index in [2.05, 4.69) is 93.5 Å². The molecule has 188 valence electrons. The van der Waals surface area contributed by atoms with Crippen LogP contribution in [-0.4, -0.2) is 27.8 Å². The van der Waals surface area contributed by atoms with Crippen LogP contribution in [0, 0.1) is 5.92 Å². The van der Waals surface area contributed by atoms with Crippen LogP contribution in [-0.2, 0) is 0 Å². The molecule has 1 N–H and O–H groups in total. The van der Waals surface area contributed by atoms with Gasteiger partial charge in [0.1, 0.15) is 6.04 Å². The lowest BCUT2D eigenvalue weighted by Gasteiger charge is -2.33. The normalized spacial score (nSPS) is 20.3. The van der Waals surface area contributed by atoms with E-state index in [0.717, 1.165) is 52.5 Å². The standard InChI is InChI=1S/C30H30ClN5S/c1-21-14-18-34(19-15-21)26-13-12-23(20-24(26)31)36-29(28(33-30(36)37)25-10-5-6-16-32-25)27-11-7-17-35(27)22-8-3-2-4-9-22/h2-13,16-17,20-21,28-29H,14-15,18-19H2,1H3,(H,33,37). The van der Waals surface area contributed by atoms with Gasteiger partial charge < -0.3 is 19.7 Å². The van der Waals surface area contributed by atoms with Crippen molar-refractivity contribution < 1.29 is 0 Å². The van der Waals surface area contributed by atoms with Crippen molar-refractivity contribution in [3.05, 3.63) is 108 Å². The number of hydrogen-bond donors (Lipinski definition) is 1. The largest absolute Gasteiger partial charge is 0.370 e. The molecular weight excluding hydrogens is 498 g/mol. The van der Waals surface area contributed by atoms with Crippen molar-refractivity contribution in [3.8, 4) is 5.69 Å². The quantitative estimate of drug-likeness (QED) is 0.284. The maximum Gasteiger partial charge on any atom is 0.174 e. The Balaban J connectivity index is 1.42. The molecule has 2 aliphatic rings. The maximum absolute atomic E-state index is 6.93. The summed E-state index contributed by atoms with van der Waals surface area (Å²) in [6.45, 7) is 4.41. The first-order chi connectivity index (χ1) is 18.1. The molecule has 0 radical (unpaired) electrons. The van der Waals surface area contributed by atoms with Gasteiger partial charge in [0.05, 0.1) is 22.4 Å². The molecule has 4 aromatic rings. The van der Waals surface area contributed by atoms with Gasteiger partial charge >= 0.3 is 0 Å². The Bertz CT molecular complexity index is 1380. The Morgan fingerprint density at radius 3 is 2.43 bits per heavy atom. The molecule has 2 unspecified atom stereocenters. The van der Waals surface area contributed by atoms with E-state index in [9.17, 15) is 0 Å². The van der Waals surface area contributed by atoms with E-state index in [4.69, 9.17) is 28.8 Å². The summed E-state index contributed by atoms with van der Waals surface area (Å²) in [6.07, 6.45) is 6.33. The molecule has 5 nitrogen and oxygen atoms in total. The number of benzene rings is 2. The van der Waals surface area contributed by atoms with Crippen LogP contribution in [0.25, 0.3) is 5.69 Å². The van der Waals surface area contributed by atoms with Crippen molar-refractivity contribution in [1.82, 2.24) is 14.9 Å². The summed E-state index contributed by atoms with van der Waals surface area (Å²) in [5, 5.41) is 4.99. The lowest BCUT2D eigenvalue weighted by atomic mass is 9.98. The first kappa shape index (κ1) is 24.0. The van der Waals surface area contributed by atoms with Crippen LogP contribution in [0.15, 0.2) is 91.3 Å². The highest BCUT2D eigenvalue weighted by Crippen LogP contribution is 2.44. The fraction of sp³-hybridized carbons (Fsp3) is 0.267. The van der Waals surface area contributed by atoms with E-state index in [-0.39, 0.29) is 12.1 Å². The number of nitrogens with one attached hydrogen (secondary N) is 1. The van der Waals surface area contributed by atoms with Gasteiger partial charge in [0, 0.05) is 42.6 Å². The summed E-state index contributed by atoms with van der Waals surface area (Å²) >= 11 is 12.9. The predicted octanol–water partition coefficient (Wildman–Crippen LogP) is 6.94. The number of rotatable bonds is 5. The Morgan fingerprint density at radius 2 is 1.70 bits per heavy atom. The minimum Gasteiger partial charge on any atom is -0.370 e. The number of para-hydroxylation sites is 1. The van der Waals surface area contributed by atoms with Crippen molar-refractivity contribution in [2.45, 2.75) is 31.8 Å². The molecule has 0 spiro atoms. The molecule has 6 rings (SSSR count). The highest BCUT2D eigenvalue weighted by Gasteiger charge is 2.42. The highest BCUT2D eigenvalue weighted by molar-refractivity contribution is 7.80. The fourth-order valence-corrected chi connectivity index (χ4v) is 6.18. The number of hydrogen-bond acceptors (Lipinski definition) is 3. The second-order valence-corrected chi connectivity index (χ2v) is 10.7. The van der Waals surface area contributed by atoms with E-state index >= 15 is 0 Å². The SMILES string of the molecule is CC1CCN(c2ccc(N3C(=S)NC(c4ccccn4)C3c3cccn3-c3ccccc3)cc2Cl)CC1. The first-order valence-electron chi connectivity index (χ1n) is 12.9. The van der Waals surface area contributed by atoms with Gasteiger partial charge in [-0.1, -0.05) is 42.8 Å². The number of pyridine rings is 1. The number of nitrogens with zero attached hydrogens (tertiary/aromatic N) is 4. The molecule has 4 heterocycles. The smallest absolute Gasteiger partial charge is 0.174 e. The Hall–Kier alpha value is -3.35. The van der Waals surface area contributed by atoms with Gasteiger partial charge in [-0.25, -0.2) is 0 Å². The highest BCUT2D eigenvalue weighted by atomic mass is 35.5. The number of piperidine rings is 1. The zero-order valence-corrected chi connectivity index (χ0v) is 22.4. The second kappa shape index (κ2) is 10.2. The lowest BCUT2D eigenvalue weighted by Crippen LogP contribution is -2.33. The molecule has 2 aliphatic heterocycles. The minimum absolute atomic E-state index is 0.115. The van der Waals surface area contributed by atoms with Crippen LogP contribution in [0.3, 0.4) is 0 Å². The van der Waals surface area contributed by atoms with Crippen LogP contribution < -0.4 is 15.1 Å². The zero-order chi connectivity index (χ0) is 25.4. The fourth-order valence-electron chi connectivity index (χ4n) is 5.54. The van der Waals surface area contributed by atoms with Gasteiger partial charge in [0.25, 0.3) is 0 Å². The number of aromatic nitrogens is 2. The third-order valence-corrected chi connectivity index (χ3v) is 8.17. The lowest BCUT2D eigenvalue weighted by molar-refractivity contribution is 0.438. The van der Waals surface area contributed by atoms with E-state index in [1.165, 1.54) is 12.8 Å². The zero-order valence-electron chi connectivity index (χ0n) is 20.8. The third-order valence-electron chi connectivity index (χ3n) is 7.55. The maximum atomic E-state index is 6.93. The molecule has 37 heavy (non-hydrogen) atoms. The molecule has 0 aliphatic carbocycles. The van der Waals surface area contributed by atoms with Crippen molar-refractivity contribution in [3.63, 3.8) is 0 Å². The van der Waals surface area contributed by atoms with Crippen molar-refractivity contribution in [1.29, 1.82) is 0 Å². The Labute approximate surface area is 228 Å². The van der Waals surface area contributed by atoms with Crippen LogP contribution in [0.4, 0.5) is 11.4 Å². The van der Waals surface area contributed by atoms with E-state index in [1.807, 2.05) is 24.4 Å². The molecule has 0 amide bonds. The van der Waals surface area contributed by atoms with Gasteiger partial charge in [-0.2, -0.15) is 0 Å². The molecule has 2 atom stereocenters. The number of halogens is 1. The molecular formula is C30H30ClN5S. The van der Waals surface area contributed by atoms with Crippen LogP contribution in [0.5, 0.6) is 0 Å². The average Bonchev–Trinajstić information content (AvgIpc) is 3.54. The molecule has 2 fully saturated rings. The predicted molar refractivity (Wildman–Crippen MR) is 156 cm³/mol. The minimum atomic E-state index is -0.118. The van der Waals surface area contributed by atoms with Crippen molar-refractivity contribution in [2.24, 2.45) is 5.92 Å². The van der Waals surface area contributed by atoms with Gasteiger partial charge in [0.2, 0.25) is 0 Å². The van der Waals surface area contributed by atoms with Gasteiger partial charge in [-0.3, -0.25) is 4.98 Å². The van der Waals surface area contributed by atoms with E-state index in [0.29, 0.717) is 5.11 Å².